The summed E-state index contributed by atoms with van der Waals surface area (Å²) in [5.74, 6) is 1.23. The fourth-order valence-corrected chi connectivity index (χ4v) is 3.42. The van der Waals surface area contributed by atoms with Crippen LogP contribution in [0.15, 0.2) is 60.7 Å². The van der Waals surface area contributed by atoms with E-state index in [0.29, 0.717) is 28.6 Å². The van der Waals surface area contributed by atoms with Gasteiger partial charge in [0.2, 0.25) is 5.91 Å². The first-order valence-corrected chi connectivity index (χ1v) is 10.3. The summed E-state index contributed by atoms with van der Waals surface area (Å²) in [5.41, 5.74) is 4.37. The summed E-state index contributed by atoms with van der Waals surface area (Å²) in [5, 5.41) is 5.49. The van der Waals surface area contributed by atoms with Crippen molar-refractivity contribution in [1.29, 1.82) is 0 Å². The highest BCUT2D eigenvalue weighted by atomic mass is 16.5. The number of nitrogens with one attached hydrogen (secondary N) is 3. The number of hydrogen-bond donors (Lipinski definition) is 3. The largest absolute Gasteiger partial charge is 0.493 e. The second-order valence-electron chi connectivity index (χ2n) is 7.44. The van der Waals surface area contributed by atoms with Crippen LogP contribution in [0.25, 0.3) is 22.4 Å². The topological polar surface area (TPSA) is 105 Å². The Hall–Kier alpha value is -4.33. The number of ether oxygens (including phenoxy) is 2. The number of benzene rings is 3. The van der Waals surface area contributed by atoms with Gasteiger partial charge in [0.1, 0.15) is 5.82 Å². The Balaban J connectivity index is 1.50. The first kappa shape index (κ1) is 21.9. The number of carbonyl (C=O) groups is 2. The predicted octanol–water partition coefficient (Wildman–Crippen LogP) is 3.92. The lowest BCUT2D eigenvalue weighted by molar-refractivity contribution is -0.115. The van der Waals surface area contributed by atoms with E-state index in [1.54, 1.807) is 44.6 Å². The number of amides is 2. The zero-order chi connectivity index (χ0) is 23.4. The number of carbonyl (C=O) groups excluding carboxylic acids is 2. The zero-order valence-corrected chi connectivity index (χ0v) is 18.6. The van der Waals surface area contributed by atoms with Gasteiger partial charge in [0.25, 0.3) is 5.91 Å². The first-order valence-electron chi connectivity index (χ1n) is 10.3. The molecule has 0 saturated carbocycles. The Labute approximate surface area is 190 Å². The van der Waals surface area contributed by atoms with E-state index in [0.717, 1.165) is 22.2 Å². The van der Waals surface area contributed by atoms with Gasteiger partial charge >= 0.3 is 0 Å². The van der Waals surface area contributed by atoms with Crippen molar-refractivity contribution < 1.29 is 19.1 Å². The van der Waals surface area contributed by atoms with Gasteiger partial charge in [0, 0.05) is 28.9 Å². The molecular formula is C25H24N4O4. The molecule has 0 spiro atoms. The molecule has 8 nitrogen and oxygen atoms in total. The third-order valence-corrected chi connectivity index (χ3v) is 5.22. The summed E-state index contributed by atoms with van der Waals surface area (Å²) in [6, 6.07) is 18.1. The van der Waals surface area contributed by atoms with E-state index in [9.17, 15) is 9.59 Å². The number of anilines is 1. The number of nitrogens with zero attached hydrogens (tertiary/aromatic N) is 1. The van der Waals surface area contributed by atoms with Crippen LogP contribution in [0.5, 0.6) is 11.5 Å². The van der Waals surface area contributed by atoms with Crippen LogP contribution in [-0.2, 0) is 4.79 Å². The Morgan fingerprint density at radius 1 is 0.970 bits per heavy atom. The second kappa shape index (κ2) is 9.44. The molecule has 0 unspecified atom stereocenters. The van der Waals surface area contributed by atoms with E-state index in [-0.39, 0.29) is 18.4 Å². The lowest BCUT2D eigenvalue weighted by Crippen LogP contribution is -2.32. The van der Waals surface area contributed by atoms with Crippen LogP contribution < -0.4 is 20.1 Å². The molecule has 33 heavy (non-hydrogen) atoms. The van der Waals surface area contributed by atoms with Crippen molar-refractivity contribution >= 4 is 28.5 Å². The van der Waals surface area contributed by atoms with E-state index in [1.165, 1.54) is 0 Å². The summed E-state index contributed by atoms with van der Waals surface area (Å²) < 4.78 is 10.7. The van der Waals surface area contributed by atoms with Gasteiger partial charge in [0.05, 0.1) is 31.8 Å². The Kier molecular flexibility index (Phi) is 6.26. The average molecular weight is 444 g/mol. The summed E-state index contributed by atoms with van der Waals surface area (Å²) in [7, 11) is 3.16. The van der Waals surface area contributed by atoms with Crippen LogP contribution in [0.2, 0.25) is 0 Å². The van der Waals surface area contributed by atoms with Crippen molar-refractivity contribution in [2.75, 3.05) is 26.1 Å². The maximum absolute atomic E-state index is 12.5. The Bertz CT molecular complexity index is 1270. The van der Waals surface area contributed by atoms with E-state index in [4.69, 9.17) is 9.47 Å². The predicted molar refractivity (Wildman–Crippen MR) is 127 cm³/mol. The van der Waals surface area contributed by atoms with Crippen molar-refractivity contribution in [3.8, 4) is 22.9 Å². The Morgan fingerprint density at radius 3 is 2.42 bits per heavy atom. The maximum atomic E-state index is 12.5. The lowest BCUT2D eigenvalue weighted by Gasteiger charge is -2.11. The summed E-state index contributed by atoms with van der Waals surface area (Å²) in [6.45, 7) is 1.76. The number of rotatable bonds is 7. The second-order valence-corrected chi connectivity index (χ2v) is 7.44. The molecule has 8 heteroatoms. The molecule has 0 aliphatic rings. The number of hydrogen-bond acceptors (Lipinski definition) is 5. The van der Waals surface area contributed by atoms with Gasteiger partial charge < -0.3 is 25.1 Å². The minimum Gasteiger partial charge on any atom is -0.493 e. The van der Waals surface area contributed by atoms with E-state index in [2.05, 4.69) is 20.6 Å². The van der Waals surface area contributed by atoms with E-state index < -0.39 is 0 Å². The van der Waals surface area contributed by atoms with E-state index in [1.807, 2.05) is 37.3 Å². The average Bonchev–Trinajstić information content (AvgIpc) is 3.26. The molecular weight excluding hydrogens is 420 g/mol. The van der Waals surface area contributed by atoms with Crippen LogP contribution in [0.1, 0.15) is 15.9 Å². The molecule has 2 amide bonds. The number of aromatic nitrogens is 2. The van der Waals surface area contributed by atoms with Crippen LogP contribution >= 0.6 is 0 Å². The molecule has 0 aliphatic carbocycles. The molecule has 4 aromatic rings. The molecule has 0 aliphatic heterocycles. The van der Waals surface area contributed by atoms with Crippen LogP contribution in [0.4, 0.5) is 5.69 Å². The van der Waals surface area contributed by atoms with E-state index >= 15 is 0 Å². The molecule has 0 bridgehead atoms. The summed E-state index contributed by atoms with van der Waals surface area (Å²) in [4.78, 5) is 32.5. The number of fused-ring (bicyclic) bond motifs is 1. The van der Waals surface area contributed by atoms with Gasteiger partial charge in [-0.1, -0.05) is 30.3 Å². The molecule has 0 fully saturated rings. The molecule has 1 heterocycles. The molecule has 0 saturated heterocycles. The SMILES string of the molecule is COc1cc2nc(-c3ccc(C)c(NC(=O)CNC(=O)c4ccccc4)c3)[nH]c2cc1OC. The number of imidazole rings is 1. The molecule has 3 aromatic carbocycles. The smallest absolute Gasteiger partial charge is 0.251 e. The van der Waals surface area contributed by atoms with Gasteiger partial charge in [-0.3, -0.25) is 9.59 Å². The number of aromatic amines is 1. The summed E-state index contributed by atoms with van der Waals surface area (Å²) in [6.07, 6.45) is 0. The fourth-order valence-electron chi connectivity index (χ4n) is 3.42. The quantitative estimate of drug-likeness (QED) is 0.401. The molecule has 0 atom stereocenters. The Morgan fingerprint density at radius 2 is 1.70 bits per heavy atom. The van der Waals surface area contributed by atoms with Gasteiger partial charge in [-0.2, -0.15) is 0 Å². The number of methoxy groups -OCH3 is 2. The highest BCUT2D eigenvalue weighted by molar-refractivity contribution is 5.99. The highest BCUT2D eigenvalue weighted by Gasteiger charge is 2.13. The standard InChI is InChI=1S/C25H24N4O4/c1-15-9-10-17(24-28-19-12-21(32-2)22(33-3)13-20(19)29-24)11-18(15)27-23(30)14-26-25(31)16-7-5-4-6-8-16/h4-13H,14H2,1-3H3,(H,26,31)(H,27,30)(H,28,29). The molecule has 3 N–H and O–H groups in total. The molecule has 0 radical (unpaired) electrons. The van der Waals surface area contributed by atoms with Crippen molar-refractivity contribution in [3.63, 3.8) is 0 Å². The van der Waals surface area contributed by atoms with Crippen molar-refractivity contribution in [3.05, 3.63) is 71.8 Å². The minimum absolute atomic E-state index is 0.137. The van der Waals surface area contributed by atoms with Crippen LogP contribution in [-0.4, -0.2) is 42.5 Å². The molecule has 168 valence electrons. The number of aryl methyl sites for hydroxylation is 1. The lowest BCUT2D eigenvalue weighted by atomic mass is 10.1. The van der Waals surface area contributed by atoms with Gasteiger partial charge in [-0.15, -0.1) is 0 Å². The first-order chi connectivity index (χ1) is 16.0. The highest BCUT2D eigenvalue weighted by Crippen LogP contribution is 2.33. The van der Waals surface area contributed by atoms with Crippen molar-refractivity contribution in [2.24, 2.45) is 0 Å². The summed E-state index contributed by atoms with van der Waals surface area (Å²) >= 11 is 0. The monoisotopic (exact) mass is 444 g/mol. The third-order valence-electron chi connectivity index (χ3n) is 5.22. The third kappa shape index (κ3) is 4.79. The van der Waals surface area contributed by atoms with Crippen molar-refractivity contribution in [1.82, 2.24) is 15.3 Å². The minimum atomic E-state index is -0.321. The fraction of sp³-hybridized carbons (Fsp3) is 0.160. The van der Waals surface area contributed by atoms with Crippen LogP contribution in [0.3, 0.4) is 0 Å². The molecule has 4 rings (SSSR count). The van der Waals surface area contributed by atoms with Gasteiger partial charge in [0.15, 0.2) is 11.5 Å². The molecule has 1 aromatic heterocycles. The van der Waals surface area contributed by atoms with Gasteiger partial charge in [-0.25, -0.2) is 4.98 Å². The van der Waals surface area contributed by atoms with Crippen molar-refractivity contribution in [2.45, 2.75) is 6.92 Å². The number of H-pyrrole nitrogens is 1. The van der Waals surface area contributed by atoms with Crippen LogP contribution in [0, 0.1) is 6.92 Å². The van der Waals surface area contributed by atoms with Gasteiger partial charge in [-0.05, 0) is 30.7 Å². The zero-order valence-electron chi connectivity index (χ0n) is 18.6. The maximum Gasteiger partial charge on any atom is 0.251 e. The normalized spacial score (nSPS) is 10.6.